The third kappa shape index (κ3) is 3.86. The van der Waals surface area contributed by atoms with Crippen LogP contribution in [0.1, 0.15) is 25.8 Å². The second-order valence-corrected chi connectivity index (χ2v) is 5.30. The van der Waals surface area contributed by atoms with Gasteiger partial charge in [-0.15, -0.1) is 0 Å². The molecule has 1 amide bonds. The molecular formula is C15H19N3O3. The average molecular weight is 289 g/mol. The SMILES string of the molecule is CC(C)(NCC(=O)NCCC#N)c1ccc2c(c1)OCO2. The molecule has 2 N–H and O–H groups in total. The highest BCUT2D eigenvalue weighted by Crippen LogP contribution is 2.35. The zero-order chi connectivity index (χ0) is 15.3. The van der Waals surface area contributed by atoms with Crippen molar-refractivity contribution in [3.63, 3.8) is 0 Å². The summed E-state index contributed by atoms with van der Waals surface area (Å²) in [5, 5.41) is 14.3. The number of ether oxygens (including phenoxy) is 2. The van der Waals surface area contributed by atoms with Gasteiger partial charge in [-0.25, -0.2) is 0 Å². The number of hydrogen-bond donors (Lipinski definition) is 2. The molecule has 6 heteroatoms. The number of nitrogens with zero attached hydrogens (tertiary/aromatic N) is 1. The van der Waals surface area contributed by atoms with Gasteiger partial charge >= 0.3 is 0 Å². The number of amides is 1. The van der Waals surface area contributed by atoms with Crippen LogP contribution in [0.15, 0.2) is 18.2 Å². The summed E-state index contributed by atoms with van der Waals surface area (Å²) in [6.45, 7) is 4.79. The first-order chi connectivity index (χ1) is 10.0. The first kappa shape index (κ1) is 15.1. The number of fused-ring (bicyclic) bond motifs is 1. The van der Waals surface area contributed by atoms with E-state index in [1.54, 1.807) is 0 Å². The number of benzene rings is 1. The standard InChI is InChI=1S/C15H19N3O3/c1-15(2,18-9-14(19)17-7-3-6-16)11-4-5-12-13(8-11)21-10-20-12/h4-5,8,18H,3,7,9-10H2,1-2H3,(H,17,19). The molecule has 0 unspecified atom stereocenters. The summed E-state index contributed by atoms with van der Waals surface area (Å²) < 4.78 is 10.7. The number of rotatable bonds is 6. The molecule has 0 saturated heterocycles. The summed E-state index contributed by atoms with van der Waals surface area (Å²) in [6.07, 6.45) is 0.317. The maximum absolute atomic E-state index is 11.7. The molecule has 0 radical (unpaired) electrons. The average Bonchev–Trinajstić information content (AvgIpc) is 2.93. The Labute approximate surface area is 124 Å². The van der Waals surface area contributed by atoms with Gasteiger partial charge in [0.15, 0.2) is 11.5 Å². The van der Waals surface area contributed by atoms with E-state index >= 15 is 0 Å². The van der Waals surface area contributed by atoms with Crippen LogP contribution in [-0.4, -0.2) is 25.8 Å². The highest BCUT2D eigenvalue weighted by molar-refractivity contribution is 5.78. The van der Waals surface area contributed by atoms with E-state index in [-0.39, 0.29) is 24.8 Å². The molecule has 2 rings (SSSR count). The summed E-state index contributed by atoms with van der Waals surface area (Å²) in [4.78, 5) is 11.7. The van der Waals surface area contributed by atoms with Crippen LogP contribution in [0.25, 0.3) is 0 Å². The van der Waals surface area contributed by atoms with Gasteiger partial charge in [0.05, 0.1) is 19.0 Å². The molecule has 1 aliphatic rings. The van der Waals surface area contributed by atoms with Crippen molar-refractivity contribution in [2.24, 2.45) is 0 Å². The largest absolute Gasteiger partial charge is 0.454 e. The van der Waals surface area contributed by atoms with Crippen LogP contribution in [0.3, 0.4) is 0 Å². The Morgan fingerprint density at radius 1 is 1.38 bits per heavy atom. The Morgan fingerprint density at radius 3 is 2.90 bits per heavy atom. The molecule has 21 heavy (non-hydrogen) atoms. The molecule has 6 nitrogen and oxygen atoms in total. The quantitative estimate of drug-likeness (QED) is 0.771. The fraction of sp³-hybridized carbons (Fsp3) is 0.467. The van der Waals surface area contributed by atoms with Gasteiger partial charge in [-0.05, 0) is 31.5 Å². The smallest absolute Gasteiger partial charge is 0.234 e. The number of nitrogens with one attached hydrogen (secondary N) is 2. The number of carbonyl (C=O) groups excluding carboxylic acids is 1. The van der Waals surface area contributed by atoms with E-state index in [4.69, 9.17) is 14.7 Å². The van der Waals surface area contributed by atoms with E-state index in [0.717, 1.165) is 17.1 Å². The van der Waals surface area contributed by atoms with Crippen LogP contribution in [0.4, 0.5) is 0 Å². The first-order valence-electron chi connectivity index (χ1n) is 6.82. The maximum Gasteiger partial charge on any atom is 0.234 e. The van der Waals surface area contributed by atoms with E-state index in [0.29, 0.717) is 13.0 Å². The molecule has 0 fully saturated rings. The molecule has 1 aromatic rings. The molecule has 1 aliphatic heterocycles. The lowest BCUT2D eigenvalue weighted by Crippen LogP contribution is -2.43. The van der Waals surface area contributed by atoms with E-state index in [1.165, 1.54) is 0 Å². The van der Waals surface area contributed by atoms with Crippen molar-refractivity contribution in [1.29, 1.82) is 5.26 Å². The molecule has 1 heterocycles. The van der Waals surface area contributed by atoms with Gasteiger partial charge in [-0.2, -0.15) is 5.26 Å². The Balaban J connectivity index is 1.92. The van der Waals surface area contributed by atoms with Crippen molar-refractivity contribution in [2.45, 2.75) is 25.8 Å². The third-order valence-corrected chi connectivity index (χ3v) is 3.34. The normalized spacial score (nSPS) is 12.8. The van der Waals surface area contributed by atoms with Crippen molar-refractivity contribution >= 4 is 5.91 Å². The van der Waals surface area contributed by atoms with E-state index in [2.05, 4.69) is 10.6 Å². The molecule has 0 bridgehead atoms. The fourth-order valence-electron chi connectivity index (χ4n) is 2.01. The van der Waals surface area contributed by atoms with Crippen molar-refractivity contribution in [3.05, 3.63) is 23.8 Å². The third-order valence-electron chi connectivity index (χ3n) is 3.34. The summed E-state index contributed by atoms with van der Waals surface area (Å²) in [5.74, 6) is 1.34. The van der Waals surface area contributed by atoms with Crippen LogP contribution < -0.4 is 20.1 Å². The van der Waals surface area contributed by atoms with Gasteiger partial charge in [-0.1, -0.05) is 6.07 Å². The molecule has 0 aromatic heterocycles. The topological polar surface area (TPSA) is 83.4 Å². The van der Waals surface area contributed by atoms with Crippen LogP contribution >= 0.6 is 0 Å². The summed E-state index contributed by atoms with van der Waals surface area (Å²) in [5.41, 5.74) is 0.629. The van der Waals surface area contributed by atoms with Crippen LogP contribution in [0, 0.1) is 11.3 Å². The van der Waals surface area contributed by atoms with Gasteiger partial charge in [0.2, 0.25) is 12.7 Å². The Kier molecular flexibility index (Phi) is 4.66. The monoisotopic (exact) mass is 289 g/mol. The Hall–Kier alpha value is -2.26. The second kappa shape index (κ2) is 6.46. The minimum Gasteiger partial charge on any atom is -0.454 e. The number of nitriles is 1. The predicted octanol–water partition coefficient (Wildman–Crippen LogP) is 1.27. The highest BCUT2D eigenvalue weighted by Gasteiger charge is 2.24. The molecule has 0 saturated carbocycles. The zero-order valence-corrected chi connectivity index (χ0v) is 12.2. The van der Waals surface area contributed by atoms with Gasteiger partial charge < -0.3 is 14.8 Å². The molecular weight excluding hydrogens is 270 g/mol. The Morgan fingerprint density at radius 2 is 2.14 bits per heavy atom. The van der Waals surface area contributed by atoms with Gasteiger partial charge in [0, 0.05) is 12.1 Å². The predicted molar refractivity (Wildman–Crippen MR) is 76.8 cm³/mol. The van der Waals surface area contributed by atoms with E-state index in [9.17, 15) is 4.79 Å². The van der Waals surface area contributed by atoms with Gasteiger partial charge in [0.1, 0.15) is 0 Å². The van der Waals surface area contributed by atoms with Crippen molar-refractivity contribution in [3.8, 4) is 17.6 Å². The lowest BCUT2D eigenvalue weighted by molar-refractivity contribution is -0.120. The fourth-order valence-corrected chi connectivity index (χ4v) is 2.01. The van der Waals surface area contributed by atoms with E-state index < -0.39 is 0 Å². The Bertz CT molecular complexity index is 564. The van der Waals surface area contributed by atoms with E-state index in [1.807, 2.05) is 38.1 Å². The molecule has 112 valence electrons. The number of hydrogen-bond acceptors (Lipinski definition) is 5. The lowest BCUT2D eigenvalue weighted by atomic mass is 9.94. The minimum atomic E-state index is -0.381. The van der Waals surface area contributed by atoms with Crippen molar-refractivity contribution in [2.75, 3.05) is 19.9 Å². The van der Waals surface area contributed by atoms with Gasteiger partial charge in [-0.3, -0.25) is 10.1 Å². The van der Waals surface area contributed by atoms with Crippen LogP contribution in [-0.2, 0) is 10.3 Å². The second-order valence-electron chi connectivity index (χ2n) is 5.30. The maximum atomic E-state index is 11.7. The first-order valence-corrected chi connectivity index (χ1v) is 6.82. The van der Waals surface area contributed by atoms with Crippen LogP contribution in [0.5, 0.6) is 11.5 Å². The van der Waals surface area contributed by atoms with Crippen molar-refractivity contribution in [1.82, 2.24) is 10.6 Å². The summed E-state index contributed by atoms with van der Waals surface area (Å²) in [7, 11) is 0. The highest BCUT2D eigenvalue weighted by atomic mass is 16.7. The zero-order valence-electron chi connectivity index (χ0n) is 12.2. The summed E-state index contributed by atoms with van der Waals surface area (Å²) in [6, 6.07) is 7.73. The molecule has 1 aromatic carbocycles. The molecule has 0 aliphatic carbocycles. The van der Waals surface area contributed by atoms with Gasteiger partial charge in [0.25, 0.3) is 0 Å². The minimum absolute atomic E-state index is 0.126. The van der Waals surface area contributed by atoms with Crippen molar-refractivity contribution < 1.29 is 14.3 Å². The summed E-state index contributed by atoms with van der Waals surface area (Å²) >= 11 is 0. The molecule has 0 atom stereocenters. The molecule has 0 spiro atoms. The lowest BCUT2D eigenvalue weighted by Gasteiger charge is -2.27. The van der Waals surface area contributed by atoms with Crippen LogP contribution in [0.2, 0.25) is 0 Å². The number of carbonyl (C=O) groups is 1.